The zero-order valence-electron chi connectivity index (χ0n) is 17.4. The Morgan fingerprint density at radius 1 is 1.03 bits per heavy atom. The molecule has 2 atom stereocenters. The van der Waals surface area contributed by atoms with Crippen molar-refractivity contribution in [1.29, 1.82) is 5.26 Å². The standard InChI is InChI=1S/C26H24N4O/c1-18(26(31)30-24-13-7-5-11-20(24)15-27)28-16-22(19-9-3-2-4-10-19)23-17-29-25-14-8-6-12-21(23)25/h2-14,17-18,22,28-29H,16H2,1H3,(H,30,31)/p+1/t18-,22+/m1/s1. The number of amides is 1. The Bertz CT molecular complexity index is 1220. The van der Waals surface area contributed by atoms with Crippen LogP contribution in [0.25, 0.3) is 10.9 Å². The Labute approximate surface area is 181 Å². The molecule has 0 aliphatic heterocycles. The van der Waals surface area contributed by atoms with Gasteiger partial charge in [-0.05, 0) is 36.2 Å². The van der Waals surface area contributed by atoms with E-state index in [4.69, 9.17) is 0 Å². The first-order valence-electron chi connectivity index (χ1n) is 10.4. The molecule has 0 saturated carbocycles. The van der Waals surface area contributed by atoms with E-state index in [0.29, 0.717) is 11.3 Å². The van der Waals surface area contributed by atoms with E-state index in [9.17, 15) is 10.1 Å². The maximum atomic E-state index is 12.8. The van der Waals surface area contributed by atoms with Gasteiger partial charge in [0.05, 0.1) is 23.7 Å². The second-order valence-corrected chi connectivity index (χ2v) is 7.66. The third kappa shape index (κ3) is 4.50. The number of carbonyl (C=O) groups is 1. The molecule has 31 heavy (non-hydrogen) atoms. The third-order valence-electron chi connectivity index (χ3n) is 5.64. The predicted molar refractivity (Wildman–Crippen MR) is 123 cm³/mol. The number of nitriles is 1. The molecule has 3 aromatic carbocycles. The third-order valence-corrected chi connectivity index (χ3v) is 5.64. The van der Waals surface area contributed by atoms with Gasteiger partial charge in [-0.1, -0.05) is 60.7 Å². The van der Waals surface area contributed by atoms with E-state index in [-0.39, 0.29) is 17.9 Å². The van der Waals surface area contributed by atoms with Crippen molar-refractivity contribution < 1.29 is 10.1 Å². The highest BCUT2D eigenvalue weighted by molar-refractivity contribution is 5.94. The van der Waals surface area contributed by atoms with E-state index in [2.05, 4.69) is 52.1 Å². The number of para-hydroxylation sites is 2. The van der Waals surface area contributed by atoms with Gasteiger partial charge in [-0.3, -0.25) is 4.79 Å². The monoisotopic (exact) mass is 409 g/mol. The lowest BCUT2D eigenvalue weighted by molar-refractivity contribution is -0.674. The van der Waals surface area contributed by atoms with Crippen molar-refractivity contribution in [1.82, 2.24) is 4.98 Å². The lowest BCUT2D eigenvalue weighted by Gasteiger charge is -2.19. The van der Waals surface area contributed by atoms with Crippen LogP contribution in [0.1, 0.15) is 29.5 Å². The molecule has 0 fully saturated rings. The lowest BCUT2D eigenvalue weighted by atomic mass is 9.90. The van der Waals surface area contributed by atoms with Crippen molar-refractivity contribution in [2.75, 3.05) is 11.9 Å². The summed E-state index contributed by atoms with van der Waals surface area (Å²) in [6.45, 7) is 2.61. The summed E-state index contributed by atoms with van der Waals surface area (Å²) in [6.07, 6.45) is 2.07. The summed E-state index contributed by atoms with van der Waals surface area (Å²) < 4.78 is 0. The molecular weight excluding hydrogens is 384 g/mol. The first-order chi connectivity index (χ1) is 15.2. The highest BCUT2D eigenvalue weighted by Gasteiger charge is 2.23. The molecule has 4 rings (SSSR count). The highest BCUT2D eigenvalue weighted by atomic mass is 16.2. The summed E-state index contributed by atoms with van der Waals surface area (Å²) in [5, 5.41) is 15.4. The number of H-pyrrole nitrogens is 1. The molecule has 1 aromatic heterocycles. The molecule has 4 aromatic rings. The number of hydrogen-bond donors (Lipinski definition) is 3. The average Bonchev–Trinajstić information content (AvgIpc) is 3.24. The van der Waals surface area contributed by atoms with Crippen molar-refractivity contribution in [3.63, 3.8) is 0 Å². The van der Waals surface area contributed by atoms with Crippen LogP contribution in [0.15, 0.2) is 85.1 Å². The number of nitrogens with two attached hydrogens (primary N) is 1. The maximum Gasteiger partial charge on any atom is 0.282 e. The lowest BCUT2D eigenvalue weighted by Crippen LogP contribution is -2.92. The maximum absolute atomic E-state index is 12.8. The Morgan fingerprint density at radius 2 is 1.74 bits per heavy atom. The molecule has 0 aliphatic carbocycles. The zero-order valence-corrected chi connectivity index (χ0v) is 17.4. The van der Waals surface area contributed by atoms with Crippen LogP contribution in [0.3, 0.4) is 0 Å². The molecule has 0 unspecified atom stereocenters. The van der Waals surface area contributed by atoms with Crippen LogP contribution >= 0.6 is 0 Å². The topological polar surface area (TPSA) is 85.3 Å². The van der Waals surface area contributed by atoms with Gasteiger partial charge in [0.25, 0.3) is 5.91 Å². The summed E-state index contributed by atoms with van der Waals surface area (Å²) in [6, 6.07) is 27.5. The summed E-state index contributed by atoms with van der Waals surface area (Å²) in [4.78, 5) is 16.1. The van der Waals surface area contributed by atoms with E-state index in [1.807, 2.05) is 43.3 Å². The average molecular weight is 410 g/mol. The minimum atomic E-state index is -0.303. The summed E-state index contributed by atoms with van der Waals surface area (Å²) in [5.74, 6) is 0.0208. The van der Waals surface area contributed by atoms with Crippen molar-refractivity contribution in [2.24, 2.45) is 0 Å². The first kappa shape index (κ1) is 20.4. The molecule has 0 spiro atoms. The SMILES string of the molecule is C[C@@H]([NH2+]C[C@@H](c1ccccc1)c1c[nH]c2ccccc12)C(=O)Nc1ccccc1C#N. The fourth-order valence-corrected chi connectivity index (χ4v) is 3.89. The van der Waals surface area contributed by atoms with E-state index in [1.165, 1.54) is 16.5 Å². The van der Waals surface area contributed by atoms with Gasteiger partial charge in [-0.15, -0.1) is 0 Å². The van der Waals surface area contributed by atoms with Crippen molar-refractivity contribution in [3.05, 3.63) is 102 Å². The molecule has 1 heterocycles. The number of aromatic nitrogens is 1. The minimum absolute atomic E-state index is 0.117. The van der Waals surface area contributed by atoms with Crippen LogP contribution < -0.4 is 10.6 Å². The first-order valence-corrected chi connectivity index (χ1v) is 10.4. The number of anilines is 1. The normalized spacial score (nSPS) is 12.8. The van der Waals surface area contributed by atoms with Gasteiger partial charge < -0.3 is 15.6 Å². The van der Waals surface area contributed by atoms with E-state index in [0.717, 1.165) is 12.1 Å². The number of quaternary nitrogens is 1. The molecule has 1 amide bonds. The van der Waals surface area contributed by atoms with Crippen LogP contribution in [0.5, 0.6) is 0 Å². The minimum Gasteiger partial charge on any atom is -0.361 e. The van der Waals surface area contributed by atoms with Gasteiger partial charge >= 0.3 is 0 Å². The summed E-state index contributed by atoms with van der Waals surface area (Å²) >= 11 is 0. The predicted octanol–water partition coefficient (Wildman–Crippen LogP) is 3.76. The van der Waals surface area contributed by atoms with E-state index in [1.54, 1.807) is 18.2 Å². The number of rotatable bonds is 7. The van der Waals surface area contributed by atoms with Crippen LogP contribution in [0.2, 0.25) is 0 Å². The van der Waals surface area contributed by atoms with Gasteiger partial charge in [-0.2, -0.15) is 5.26 Å². The largest absolute Gasteiger partial charge is 0.361 e. The van der Waals surface area contributed by atoms with Crippen molar-refractivity contribution in [3.8, 4) is 6.07 Å². The zero-order chi connectivity index (χ0) is 21.6. The number of benzene rings is 3. The Balaban J connectivity index is 1.53. The number of nitrogens with one attached hydrogen (secondary N) is 2. The van der Waals surface area contributed by atoms with E-state index >= 15 is 0 Å². The van der Waals surface area contributed by atoms with Crippen molar-refractivity contribution in [2.45, 2.75) is 18.9 Å². The second-order valence-electron chi connectivity index (χ2n) is 7.66. The Morgan fingerprint density at radius 3 is 2.55 bits per heavy atom. The van der Waals surface area contributed by atoms with Crippen LogP contribution in [-0.2, 0) is 4.79 Å². The van der Waals surface area contributed by atoms with Gasteiger partial charge in [0.15, 0.2) is 6.04 Å². The highest BCUT2D eigenvalue weighted by Crippen LogP contribution is 2.29. The molecule has 5 heteroatoms. The van der Waals surface area contributed by atoms with Crippen LogP contribution in [-0.4, -0.2) is 23.5 Å². The molecular formula is C26H25N4O+. The molecule has 4 N–H and O–H groups in total. The number of hydrogen-bond acceptors (Lipinski definition) is 2. The molecule has 0 aliphatic rings. The molecule has 154 valence electrons. The molecule has 0 bridgehead atoms. The number of nitrogens with zero attached hydrogens (tertiary/aromatic N) is 1. The van der Waals surface area contributed by atoms with Gasteiger partial charge in [-0.25, -0.2) is 0 Å². The molecule has 0 radical (unpaired) electrons. The smallest absolute Gasteiger partial charge is 0.282 e. The number of carbonyl (C=O) groups excluding carboxylic acids is 1. The van der Waals surface area contributed by atoms with Gasteiger partial charge in [0, 0.05) is 17.1 Å². The van der Waals surface area contributed by atoms with Crippen molar-refractivity contribution >= 4 is 22.5 Å². The van der Waals surface area contributed by atoms with Crippen LogP contribution in [0.4, 0.5) is 5.69 Å². The Hall–Kier alpha value is -3.88. The van der Waals surface area contributed by atoms with Gasteiger partial charge in [0.2, 0.25) is 0 Å². The second kappa shape index (κ2) is 9.29. The molecule has 0 saturated heterocycles. The van der Waals surface area contributed by atoms with E-state index < -0.39 is 0 Å². The quantitative estimate of drug-likeness (QED) is 0.434. The summed E-state index contributed by atoms with van der Waals surface area (Å²) in [7, 11) is 0. The van der Waals surface area contributed by atoms with Gasteiger partial charge in [0.1, 0.15) is 6.07 Å². The number of aromatic amines is 1. The fraction of sp³-hybridized carbons (Fsp3) is 0.154. The molecule has 5 nitrogen and oxygen atoms in total. The number of fused-ring (bicyclic) bond motifs is 1. The Kier molecular flexibility index (Phi) is 6.11. The fourth-order valence-electron chi connectivity index (χ4n) is 3.89. The van der Waals surface area contributed by atoms with Crippen LogP contribution in [0, 0.1) is 11.3 Å². The summed E-state index contributed by atoms with van der Waals surface area (Å²) in [5.41, 5.74) is 4.55.